The van der Waals surface area contributed by atoms with Crippen molar-refractivity contribution in [2.45, 2.75) is 150 Å². The highest BCUT2D eigenvalue weighted by atomic mass is 16.5. The van der Waals surface area contributed by atoms with E-state index in [0.717, 1.165) is 67.4 Å². The summed E-state index contributed by atoms with van der Waals surface area (Å²) in [5, 5.41) is 0. The first-order valence-electron chi connectivity index (χ1n) is 17.7. The molecule has 2 aromatic carbocycles. The van der Waals surface area contributed by atoms with Gasteiger partial charge in [-0.1, -0.05) is 124 Å². The normalized spacial score (nSPS) is 14.0. The molecular weight excluding hydrogens is 560 g/mol. The molecule has 0 heterocycles. The molecule has 0 aliphatic rings. The van der Waals surface area contributed by atoms with Gasteiger partial charge in [-0.2, -0.15) is 0 Å². The van der Waals surface area contributed by atoms with E-state index in [1.807, 2.05) is 18.2 Å². The van der Waals surface area contributed by atoms with Gasteiger partial charge in [-0.05, 0) is 71.9 Å². The molecule has 0 saturated carbocycles. The van der Waals surface area contributed by atoms with Crippen molar-refractivity contribution >= 4 is 11.9 Å². The fraction of sp³-hybridized carbons (Fsp3) is 0.650. The summed E-state index contributed by atoms with van der Waals surface area (Å²) in [6, 6.07) is 11.5. The highest BCUT2D eigenvalue weighted by Crippen LogP contribution is 2.45. The van der Waals surface area contributed by atoms with E-state index in [-0.39, 0.29) is 22.8 Å². The predicted molar refractivity (Wildman–Crippen MR) is 186 cm³/mol. The lowest BCUT2D eigenvalue weighted by Gasteiger charge is -2.35. The van der Waals surface area contributed by atoms with E-state index in [0.29, 0.717) is 17.7 Å². The fourth-order valence-electron chi connectivity index (χ4n) is 6.58. The van der Waals surface area contributed by atoms with Crippen molar-refractivity contribution in [2.24, 2.45) is 5.41 Å². The lowest BCUT2D eigenvalue weighted by molar-refractivity contribution is 0.0591. The summed E-state index contributed by atoms with van der Waals surface area (Å²) < 4.78 is 17.0. The van der Waals surface area contributed by atoms with Crippen molar-refractivity contribution in [3.8, 4) is 5.75 Å². The zero-order valence-corrected chi connectivity index (χ0v) is 29.8. The molecule has 0 aliphatic carbocycles. The summed E-state index contributed by atoms with van der Waals surface area (Å²) in [5.74, 6) is 0.263. The molecule has 1 unspecified atom stereocenters. The van der Waals surface area contributed by atoms with Gasteiger partial charge >= 0.3 is 11.9 Å². The molecule has 0 bridgehead atoms. The van der Waals surface area contributed by atoms with Gasteiger partial charge < -0.3 is 14.2 Å². The number of hydrogen-bond donors (Lipinski definition) is 0. The molecular formula is C40H62O5. The van der Waals surface area contributed by atoms with Gasteiger partial charge in [-0.25, -0.2) is 9.59 Å². The quantitative estimate of drug-likeness (QED) is 0.0965. The summed E-state index contributed by atoms with van der Waals surface area (Å²) in [4.78, 5) is 25.1. The number of hydrogen-bond acceptors (Lipinski definition) is 5. The van der Waals surface area contributed by atoms with Crippen LogP contribution >= 0.6 is 0 Å². The molecule has 0 aliphatic heterocycles. The van der Waals surface area contributed by atoms with Crippen LogP contribution in [0.25, 0.3) is 0 Å². The first-order valence-corrected chi connectivity index (χ1v) is 17.7. The van der Waals surface area contributed by atoms with Crippen LogP contribution in [0.5, 0.6) is 5.75 Å². The number of methoxy groups -OCH3 is 2. The lowest BCUT2D eigenvalue weighted by atomic mass is 9.71. The van der Waals surface area contributed by atoms with Crippen LogP contribution in [0.2, 0.25) is 0 Å². The average molecular weight is 623 g/mol. The lowest BCUT2D eigenvalue weighted by Crippen LogP contribution is -2.26. The van der Waals surface area contributed by atoms with Crippen molar-refractivity contribution < 1.29 is 23.8 Å². The Morgan fingerprint density at radius 3 is 1.82 bits per heavy atom. The number of unbranched alkanes of at least 4 members (excludes halogenated alkanes) is 7. The van der Waals surface area contributed by atoms with Crippen LogP contribution in [0.1, 0.15) is 169 Å². The van der Waals surface area contributed by atoms with Gasteiger partial charge in [0.15, 0.2) is 0 Å². The third-order valence-electron chi connectivity index (χ3n) is 9.73. The van der Waals surface area contributed by atoms with Gasteiger partial charge in [0, 0.05) is 5.56 Å². The molecule has 2 atom stereocenters. The van der Waals surface area contributed by atoms with Crippen molar-refractivity contribution in [3.63, 3.8) is 0 Å². The first-order chi connectivity index (χ1) is 21.6. The average Bonchev–Trinajstić information content (AvgIpc) is 3.05. The number of rotatable bonds is 22. The minimum absolute atomic E-state index is 0.0841. The van der Waals surface area contributed by atoms with E-state index < -0.39 is 0 Å². The molecule has 5 nitrogen and oxygen atoms in total. The van der Waals surface area contributed by atoms with Crippen LogP contribution < -0.4 is 4.74 Å². The molecule has 5 heteroatoms. The zero-order valence-electron chi connectivity index (χ0n) is 29.8. The highest BCUT2D eigenvalue weighted by molar-refractivity contribution is 5.90. The SMILES string of the molecule is CCCCCCCC(C)(CC)Cc1cc(C(=O)OC)cc([C@@](C)(CCC)CCCCCC)c1OCc1ccc(C(=O)OC)cc1. The third-order valence-corrected chi connectivity index (χ3v) is 9.73. The Kier molecular flexibility index (Phi) is 16.7. The van der Waals surface area contributed by atoms with Crippen LogP contribution in [0.15, 0.2) is 36.4 Å². The van der Waals surface area contributed by atoms with Crippen LogP contribution in [-0.2, 0) is 27.9 Å². The minimum Gasteiger partial charge on any atom is -0.488 e. The Labute approximate surface area is 274 Å². The first kappa shape index (κ1) is 38.4. The second kappa shape index (κ2) is 19.6. The highest BCUT2D eigenvalue weighted by Gasteiger charge is 2.33. The Morgan fingerprint density at radius 2 is 1.24 bits per heavy atom. The second-order valence-electron chi connectivity index (χ2n) is 13.6. The molecule has 2 rings (SSSR count). The van der Waals surface area contributed by atoms with Gasteiger partial charge in [-0.15, -0.1) is 0 Å². The summed E-state index contributed by atoms with van der Waals surface area (Å²) >= 11 is 0. The molecule has 2 aromatic rings. The molecule has 0 N–H and O–H groups in total. The van der Waals surface area contributed by atoms with Gasteiger partial charge in [-0.3, -0.25) is 0 Å². The number of benzene rings is 2. The van der Waals surface area contributed by atoms with Gasteiger partial charge in [0.2, 0.25) is 0 Å². The zero-order chi connectivity index (χ0) is 33.3. The topological polar surface area (TPSA) is 61.8 Å². The number of ether oxygens (including phenoxy) is 3. The molecule has 0 aromatic heterocycles. The summed E-state index contributed by atoms with van der Waals surface area (Å²) in [6.07, 6.45) is 17.2. The van der Waals surface area contributed by atoms with Crippen LogP contribution in [0.3, 0.4) is 0 Å². The predicted octanol–water partition coefficient (Wildman–Crippen LogP) is 11.2. The summed E-state index contributed by atoms with van der Waals surface area (Å²) in [5.41, 5.74) is 4.25. The van der Waals surface area contributed by atoms with E-state index in [4.69, 9.17) is 14.2 Å². The van der Waals surface area contributed by atoms with Crippen LogP contribution in [0.4, 0.5) is 0 Å². The van der Waals surface area contributed by atoms with E-state index >= 15 is 0 Å². The van der Waals surface area contributed by atoms with Gasteiger partial charge in [0.25, 0.3) is 0 Å². The van der Waals surface area contributed by atoms with E-state index in [1.54, 1.807) is 12.1 Å². The maximum atomic E-state index is 13.1. The molecule has 0 spiro atoms. The van der Waals surface area contributed by atoms with Gasteiger partial charge in [0.1, 0.15) is 12.4 Å². The minimum atomic E-state index is -0.350. The van der Waals surface area contributed by atoms with Crippen molar-refractivity contribution in [2.75, 3.05) is 14.2 Å². The smallest absolute Gasteiger partial charge is 0.337 e. The number of carbonyl (C=O) groups excluding carboxylic acids is 2. The molecule has 45 heavy (non-hydrogen) atoms. The maximum absolute atomic E-state index is 13.1. The molecule has 0 amide bonds. The molecule has 0 fully saturated rings. The molecule has 0 saturated heterocycles. The Morgan fingerprint density at radius 1 is 0.667 bits per heavy atom. The Balaban J connectivity index is 2.63. The van der Waals surface area contributed by atoms with Crippen LogP contribution in [0, 0.1) is 5.41 Å². The third kappa shape index (κ3) is 11.8. The van der Waals surface area contributed by atoms with E-state index in [2.05, 4.69) is 47.6 Å². The van der Waals surface area contributed by atoms with Gasteiger partial charge in [0.05, 0.1) is 25.3 Å². The Bertz CT molecular complexity index is 1170. The largest absolute Gasteiger partial charge is 0.488 e. The van der Waals surface area contributed by atoms with Crippen molar-refractivity contribution in [1.82, 2.24) is 0 Å². The van der Waals surface area contributed by atoms with Crippen molar-refractivity contribution in [1.29, 1.82) is 0 Å². The Hall–Kier alpha value is -2.82. The molecule has 0 radical (unpaired) electrons. The fourth-order valence-corrected chi connectivity index (χ4v) is 6.58. The van der Waals surface area contributed by atoms with Crippen LogP contribution in [-0.4, -0.2) is 26.2 Å². The van der Waals surface area contributed by atoms with E-state index in [1.165, 1.54) is 65.6 Å². The summed E-state index contributed by atoms with van der Waals surface area (Å²) in [7, 11) is 2.86. The monoisotopic (exact) mass is 622 g/mol. The maximum Gasteiger partial charge on any atom is 0.337 e. The summed E-state index contributed by atoms with van der Waals surface area (Å²) in [6.45, 7) is 14.1. The van der Waals surface area contributed by atoms with Crippen molar-refractivity contribution in [3.05, 3.63) is 64.2 Å². The second-order valence-corrected chi connectivity index (χ2v) is 13.6. The number of carbonyl (C=O) groups is 2. The van der Waals surface area contributed by atoms with E-state index in [9.17, 15) is 9.59 Å². The number of esters is 2. The standard InChI is InChI=1S/C40H62O5/c1-9-13-15-17-18-25-39(5,12-4)29-34-27-33(38(42)44-8)28-35(40(6,24-11-3)26-19-16-14-10-2)36(34)45-30-31-20-22-32(23-21-31)37(41)43-7/h20-23,27-28H,9-19,24-26,29-30H2,1-8H3/t39?,40-/m0/s1. The molecule has 252 valence electrons.